The van der Waals surface area contributed by atoms with Crippen LogP contribution in [0, 0.1) is 19.8 Å². The molecule has 0 fully saturated rings. The highest BCUT2D eigenvalue weighted by molar-refractivity contribution is 5.75. The van der Waals surface area contributed by atoms with E-state index in [2.05, 4.69) is 26.7 Å². The van der Waals surface area contributed by atoms with E-state index in [0.29, 0.717) is 17.2 Å². The Balaban J connectivity index is 1.77. The molecule has 1 aromatic heterocycles. The number of hydrogen-bond donors (Lipinski definition) is 5. The number of nitrogens with one attached hydrogen (secondary N) is 4. The molecule has 0 aliphatic carbocycles. The van der Waals surface area contributed by atoms with Crippen molar-refractivity contribution in [2.24, 2.45) is 5.92 Å². The summed E-state index contributed by atoms with van der Waals surface area (Å²) in [5.74, 6) is -0.253. The monoisotopic (exact) mass is 373 g/mol. The first-order chi connectivity index (χ1) is 12.8. The van der Waals surface area contributed by atoms with Gasteiger partial charge in [0.05, 0.1) is 11.6 Å². The van der Waals surface area contributed by atoms with E-state index in [1.807, 2.05) is 26.0 Å². The normalized spacial score (nSPS) is 11.4. The van der Waals surface area contributed by atoms with E-state index >= 15 is 0 Å². The van der Waals surface area contributed by atoms with Crippen LogP contribution in [0.4, 0.5) is 10.5 Å². The Morgan fingerprint density at radius 1 is 1.11 bits per heavy atom. The zero-order valence-corrected chi connectivity index (χ0v) is 15.4. The number of aliphatic carboxylic acids is 1. The second-order valence-electron chi connectivity index (χ2n) is 6.04. The van der Waals surface area contributed by atoms with Gasteiger partial charge in [-0.1, -0.05) is 6.92 Å². The summed E-state index contributed by atoms with van der Waals surface area (Å²) in [6.07, 6.45) is 0. The predicted molar refractivity (Wildman–Crippen MR) is 100 cm³/mol. The minimum absolute atomic E-state index is 0.0306. The number of carboxylic acids is 1. The number of aryl methyl sites for hydroxylation is 2. The van der Waals surface area contributed by atoms with Gasteiger partial charge in [0.25, 0.3) is 0 Å². The first-order valence-corrected chi connectivity index (χ1v) is 8.34. The molecular formula is C18H23N5O4. The summed E-state index contributed by atoms with van der Waals surface area (Å²) in [7, 11) is 0. The van der Waals surface area contributed by atoms with Crippen molar-refractivity contribution < 1.29 is 19.4 Å². The lowest BCUT2D eigenvalue weighted by Gasteiger charge is -2.13. The summed E-state index contributed by atoms with van der Waals surface area (Å²) in [6.45, 7) is 5.35. The van der Waals surface area contributed by atoms with E-state index in [9.17, 15) is 9.59 Å². The Bertz CT molecular complexity index is 775. The fourth-order valence-corrected chi connectivity index (χ4v) is 2.13. The van der Waals surface area contributed by atoms with Crippen LogP contribution in [0.15, 0.2) is 36.4 Å². The Kier molecular flexibility index (Phi) is 6.95. The van der Waals surface area contributed by atoms with Crippen molar-refractivity contribution in [2.75, 3.05) is 12.0 Å². The van der Waals surface area contributed by atoms with Crippen LogP contribution in [-0.4, -0.2) is 28.6 Å². The average molecular weight is 373 g/mol. The minimum Gasteiger partial charge on any atom is -0.481 e. The third kappa shape index (κ3) is 6.83. The highest BCUT2D eigenvalue weighted by atomic mass is 16.5. The highest BCUT2D eigenvalue weighted by Gasteiger charge is 2.11. The molecule has 0 aliphatic rings. The van der Waals surface area contributed by atoms with Crippen molar-refractivity contribution >= 4 is 17.7 Å². The number of carbonyl (C=O) groups excluding carboxylic acids is 1. The van der Waals surface area contributed by atoms with E-state index in [-0.39, 0.29) is 6.54 Å². The molecule has 2 aromatic rings. The molecule has 2 rings (SSSR count). The maximum atomic E-state index is 11.5. The molecule has 2 amide bonds. The summed E-state index contributed by atoms with van der Waals surface area (Å²) < 4.78 is 5.80. The molecular weight excluding hydrogens is 350 g/mol. The molecule has 1 heterocycles. The molecule has 5 N–H and O–H groups in total. The Hall–Kier alpha value is -3.33. The van der Waals surface area contributed by atoms with Crippen molar-refractivity contribution in [2.45, 2.75) is 20.8 Å². The van der Waals surface area contributed by atoms with E-state index in [4.69, 9.17) is 9.84 Å². The molecule has 144 valence electrons. The molecule has 0 bridgehead atoms. The quantitative estimate of drug-likeness (QED) is 0.450. The summed E-state index contributed by atoms with van der Waals surface area (Å²) in [5.41, 5.74) is 10.1. The third-order valence-electron chi connectivity index (χ3n) is 3.52. The minimum atomic E-state index is -0.972. The van der Waals surface area contributed by atoms with Gasteiger partial charge >= 0.3 is 12.0 Å². The number of hydrogen-bond acceptors (Lipinski definition) is 6. The summed E-state index contributed by atoms with van der Waals surface area (Å²) in [4.78, 5) is 26.5. The zero-order valence-electron chi connectivity index (χ0n) is 15.4. The van der Waals surface area contributed by atoms with E-state index < -0.39 is 17.9 Å². The fourth-order valence-electron chi connectivity index (χ4n) is 2.13. The molecule has 1 atom stereocenters. The van der Waals surface area contributed by atoms with Crippen LogP contribution in [0.1, 0.15) is 18.3 Å². The smallest absolute Gasteiger partial charge is 0.330 e. The van der Waals surface area contributed by atoms with Gasteiger partial charge in [0.2, 0.25) is 0 Å². The first kappa shape index (κ1) is 20.0. The fraction of sp³-hybridized carbons (Fsp3) is 0.278. The van der Waals surface area contributed by atoms with Crippen molar-refractivity contribution in [3.05, 3.63) is 47.8 Å². The standard InChI is InChI=1S/C18H23N5O4/c1-11(17(24)25)10-19-18(26)22-23-21-14-4-6-15(7-5-14)27-16-8-12(2)20-13(3)9-16/h4-9,11,21,23H,10H2,1-3H3,(H,24,25)(H2,19,22,26)/t11-/m0/s1. The number of urea groups is 1. The van der Waals surface area contributed by atoms with E-state index in [1.54, 1.807) is 24.3 Å². The number of rotatable bonds is 8. The largest absolute Gasteiger partial charge is 0.481 e. The van der Waals surface area contributed by atoms with Gasteiger partial charge in [0, 0.05) is 30.1 Å². The maximum Gasteiger partial charge on any atom is 0.330 e. The van der Waals surface area contributed by atoms with Gasteiger partial charge in [0.15, 0.2) is 0 Å². The number of pyridine rings is 1. The molecule has 9 nitrogen and oxygen atoms in total. The number of nitrogens with zero attached hydrogens (tertiary/aromatic N) is 1. The Morgan fingerprint density at radius 3 is 2.33 bits per heavy atom. The second-order valence-corrected chi connectivity index (χ2v) is 6.04. The zero-order chi connectivity index (χ0) is 19.8. The molecule has 0 saturated carbocycles. The van der Waals surface area contributed by atoms with Gasteiger partial charge in [-0.3, -0.25) is 15.2 Å². The number of carboxylic acid groups (broad SMARTS) is 1. The summed E-state index contributed by atoms with van der Waals surface area (Å²) in [5, 5.41) is 11.2. The second kappa shape index (κ2) is 9.39. The molecule has 0 spiro atoms. The summed E-state index contributed by atoms with van der Waals surface area (Å²) >= 11 is 0. The number of benzene rings is 1. The van der Waals surface area contributed by atoms with Crippen LogP contribution in [0.3, 0.4) is 0 Å². The van der Waals surface area contributed by atoms with Gasteiger partial charge in [0.1, 0.15) is 11.5 Å². The lowest BCUT2D eigenvalue weighted by Crippen LogP contribution is -2.48. The van der Waals surface area contributed by atoms with Gasteiger partial charge in [-0.25, -0.2) is 4.79 Å². The molecule has 9 heteroatoms. The molecule has 0 aliphatic heterocycles. The van der Waals surface area contributed by atoms with E-state index in [0.717, 1.165) is 11.4 Å². The lowest BCUT2D eigenvalue weighted by atomic mass is 10.2. The number of hydrazine groups is 2. The van der Waals surface area contributed by atoms with Gasteiger partial charge in [-0.15, -0.1) is 5.53 Å². The Morgan fingerprint density at radius 2 is 1.74 bits per heavy atom. The number of carbonyl (C=O) groups is 2. The highest BCUT2D eigenvalue weighted by Crippen LogP contribution is 2.23. The molecule has 0 radical (unpaired) electrons. The molecule has 1 aromatic carbocycles. The van der Waals surface area contributed by atoms with Crippen LogP contribution in [0.25, 0.3) is 0 Å². The number of ether oxygens (including phenoxy) is 1. The predicted octanol–water partition coefficient (Wildman–Crippen LogP) is 2.34. The SMILES string of the molecule is Cc1cc(Oc2ccc(NNNC(=O)NC[C@H](C)C(=O)O)cc2)cc(C)n1. The van der Waals surface area contributed by atoms with Crippen LogP contribution in [0.2, 0.25) is 0 Å². The maximum absolute atomic E-state index is 11.5. The van der Waals surface area contributed by atoms with Crippen LogP contribution >= 0.6 is 0 Å². The summed E-state index contributed by atoms with van der Waals surface area (Å²) in [6, 6.07) is 10.3. The third-order valence-corrected chi connectivity index (χ3v) is 3.52. The number of anilines is 1. The van der Waals surface area contributed by atoms with Crippen molar-refractivity contribution in [1.82, 2.24) is 21.3 Å². The van der Waals surface area contributed by atoms with Crippen LogP contribution in [-0.2, 0) is 4.79 Å². The molecule has 0 unspecified atom stereocenters. The molecule has 0 saturated heterocycles. The van der Waals surface area contributed by atoms with Crippen molar-refractivity contribution in [3.8, 4) is 11.5 Å². The van der Waals surface area contributed by atoms with Crippen LogP contribution < -0.4 is 26.4 Å². The topological polar surface area (TPSA) is 125 Å². The number of amides is 2. The van der Waals surface area contributed by atoms with Gasteiger partial charge in [-0.2, -0.15) is 0 Å². The Labute approximate surface area is 157 Å². The van der Waals surface area contributed by atoms with Gasteiger partial charge in [-0.05, 0) is 38.1 Å². The first-order valence-electron chi connectivity index (χ1n) is 8.34. The van der Waals surface area contributed by atoms with Crippen molar-refractivity contribution in [1.29, 1.82) is 0 Å². The van der Waals surface area contributed by atoms with E-state index in [1.165, 1.54) is 6.92 Å². The van der Waals surface area contributed by atoms with Crippen molar-refractivity contribution in [3.63, 3.8) is 0 Å². The average Bonchev–Trinajstić information content (AvgIpc) is 2.60. The lowest BCUT2D eigenvalue weighted by molar-refractivity contribution is -0.140. The number of aromatic nitrogens is 1. The van der Waals surface area contributed by atoms with Crippen LogP contribution in [0.5, 0.6) is 11.5 Å². The van der Waals surface area contributed by atoms with Gasteiger partial charge < -0.3 is 20.6 Å². The molecule has 27 heavy (non-hydrogen) atoms.